The van der Waals surface area contributed by atoms with Crippen LogP contribution >= 0.6 is 11.6 Å². The third kappa shape index (κ3) is 4.21. The molecule has 20 heavy (non-hydrogen) atoms. The highest BCUT2D eigenvalue weighted by molar-refractivity contribution is 7.92. The summed E-state index contributed by atoms with van der Waals surface area (Å²) in [6.45, 7) is 1.20. The van der Waals surface area contributed by atoms with Crippen LogP contribution in [0.25, 0.3) is 0 Å². The standard InChI is InChI=1S/C12H14ClNO5S/c1-7(20(2,18)19)11(15)14-10(12(16)17)8-3-5-9(13)6-4-8/h3-7,10H,1-2H3,(H,14,15)(H,16,17). The molecule has 2 atom stereocenters. The van der Waals surface area contributed by atoms with E-state index in [1.54, 1.807) is 0 Å². The first-order valence-corrected chi connectivity index (χ1v) is 7.93. The highest BCUT2D eigenvalue weighted by atomic mass is 35.5. The summed E-state index contributed by atoms with van der Waals surface area (Å²) in [5, 5.41) is 10.4. The number of nitrogens with one attached hydrogen (secondary N) is 1. The number of aliphatic carboxylic acids is 1. The minimum atomic E-state index is -3.59. The maximum atomic E-state index is 11.8. The number of rotatable bonds is 5. The molecule has 1 amide bonds. The van der Waals surface area contributed by atoms with Crippen molar-refractivity contribution < 1.29 is 23.1 Å². The Balaban J connectivity index is 2.97. The fourth-order valence-electron chi connectivity index (χ4n) is 1.40. The first kappa shape index (κ1) is 16.5. The van der Waals surface area contributed by atoms with Crippen molar-refractivity contribution in [2.45, 2.75) is 18.2 Å². The summed E-state index contributed by atoms with van der Waals surface area (Å²) in [6.07, 6.45) is 0.912. The number of sulfone groups is 1. The quantitative estimate of drug-likeness (QED) is 0.843. The van der Waals surface area contributed by atoms with E-state index in [9.17, 15) is 18.0 Å². The van der Waals surface area contributed by atoms with Crippen LogP contribution in [0.1, 0.15) is 18.5 Å². The molecule has 0 bridgehead atoms. The van der Waals surface area contributed by atoms with Crippen molar-refractivity contribution in [2.75, 3.05) is 6.26 Å². The average molecular weight is 320 g/mol. The van der Waals surface area contributed by atoms with Gasteiger partial charge in [0.1, 0.15) is 5.25 Å². The lowest BCUT2D eigenvalue weighted by molar-refractivity contribution is -0.141. The fourth-order valence-corrected chi connectivity index (χ4v) is 1.98. The van der Waals surface area contributed by atoms with Crippen molar-refractivity contribution in [2.24, 2.45) is 0 Å². The Hall–Kier alpha value is -1.60. The van der Waals surface area contributed by atoms with E-state index in [2.05, 4.69) is 5.32 Å². The number of benzene rings is 1. The Kier molecular flexibility index (Phi) is 5.13. The molecule has 2 N–H and O–H groups in total. The molecule has 1 aromatic rings. The van der Waals surface area contributed by atoms with Crippen LogP contribution in [0.3, 0.4) is 0 Å². The van der Waals surface area contributed by atoms with Gasteiger partial charge in [0, 0.05) is 11.3 Å². The van der Waals surface area contributed by atoms with Gasteiger partial charge in [0.2, 0.25) is 5.91 Å². The summed E-state index contributed by atoms with van der Waals surface area (Å²) in [7, 11) is -3.59. The topological polar surface area (TPSA) is 101 Å². The van der Waals surface area contributed by atoms with Gasteiger partial charge in [0.05, 0.1) is 0 Å². The van der Waals surface area contributed by atoms with Crippen molar-refractivity contribution in [1.82, 2.24) is 5.32 Å². The van der Waals surface area contributed by atoms with E-state index < -0.39 is 33.0 Å². The van der Waals surface area contributed by atoms with Crippen LogP contribution in [0.5, 0.6) is 0 Å². The normalized spacial score (nSPS) is 14.3. The summed E-state index contributed by atoms with van der Waals surface area (Å²) in [5.41, 5.74) is 0.302. The highest BCUT2D eigenvalue weighted by Gasteiger charge is 2.29. The molecule has 8 heteroatoms. The number of carbonyl (C=O) groups is 2. The lowest BCUT2D eigenvalue weighted by Crippen LogP contribution is -2.42. The molecule has 0 saturated carbocycles. The summed E-state index contributed by atoms with van der Waals surface area (Å²) in [5.74, 6) is -2.16. The predicted octanol–water partition coefficient (Wildman–Crippen LogP) is 1.02. The van der Waals surface area contributed by atoms with Crippen LogP contribution in [-0.4, -0.2) is 36.9 Å². The van der Waals surface area contributed by atoms with Crippen molar-refractivity contribution in [1.29, 1.82) is 0 Å². The Bertz CT molecular complexity index is 611. The zero-order valence-electron chi connectivity index (χ0n) is 10.8. The molecule has 2 unspecified atom stereocenters. The highest BCUT2D eigenvalue weighted by Crippen LogP contribution is 2.17. The van der Waals surface area contributed by atoms with E-state index in [-0.39, 0.29) is 0 Å². The third-order valence-electron chi connectivity index (χ3n) is 2.75. The zero-order valence-corrected chi connectivity index (χ0v) is 12.4. The van der Waals surface area contributed by atoms with Crippen molar-refractivity contribution >= 4 is 33.3 Å². The molecule has 0 fully saturated rings. The average Bonchev–Trinajstić information content (AvgIpc) is 2.34. The number of hydrogen-bond donors (Lipinski definition) is 2. The van der Waals surface area contributed by atoms with Crippen LogP contribution in [0.15, 0.2) is 24.3 Å². The maximum Gasteiger partial charge on any atom is 0.330 e. The van der Waals surface area contributed by atoms with Gasteiger partial charge in [-0.25, -0.2) is 13.2 Å². The summed E-state index contributed by atoms with van der Waals surface area (Å²) >= 11 is 5.70. The molecule has 0 aromatic heterocycles. The van der Waals surface area contributed by atoms with Crippen LogP contribution in [0.4, 0.5) is 0 Å². The van der Waals surface area contributed by atoms with Gasteiger partial charge in [-0.3, -0.25) is 4.79 Å². The molecule has 110 valence electrons. The third-order valence-corrected chi connectivity index (χ3v) is 4.50. The molecule has 0 aliphatic heterocycles. The zero-order chi connectivity index (χ0) is 15.5. The molecule has 1 rings (SSSR count). The van der Waals surface area contributed by atoms with E-state index >= 15 is 0 Å². The number of amides is 1. The second-order valence-corrected chi connectivity index (χ2v) is 7.11. The van der Waals surface area contributed by atoms with E-state index in [0.29, 0.717) is 10.6 Å². The minimum absolute atomic E-state index is 0.302. The molecule has 0 spiro atoms. The van der Waals surface area contributed by atoms with Crippen LogP contribution in [0.2, 0.25) is 5.02 Å². The SMILES string of the molecule is CC(C(=O)NC(C(=O)O)c1ccc(Cl)cc1)S(C)(=O)=O. The molecule has 0 heterocycles. The number of halogens is 1. The Labute approximate surface area is 121 Å². The van der Waals surface area contributed by atoms with Gasteiger partial charge in [-0.1, -0.05) is 23.7 Å². The summed E-state index contributed by atoms with van der Waals surface area (Å²) < 4.78 is 22.6. The molecular formula is C12H14ClNO5S. The summed E-state index contributed by atoms with van der Waals surface area (Å²) in [4.78, 5) is 23.0. The van der Waals surface area contributed by atoms with Crippen LogP contribution < -0.4 is 5.32 Å². The Morgan fingerprint density at radius 1 is 1.25 bits per heavy atom. The van der Waals surface area contributed by atoms with Gasteiger partial charge in [-0.2, -0.15) is 0 Å². The van der Waals surface area contributed by atoms with E-state index in [0.717, 1.165) is 6.26 Å². The Morgan fingerprint density at radius 2 is 1.75 bits per heavy atom. The second-order valence-electron chi connectivity index (χ2n) is 4.30. The van der Waals surface area contributed by atoms with Crippen LogP contribution in [0, 0.1) is 0 Å². The number of carbonyl (C=O) groups excluding carboxylic acids is 1. The molecule has 0 radical (unpaired) electrons. The van der Waals surface area contributed by atoms with E-state index in [1.807, 2.05) is 0 Å². The number of carboxylic acids is 1. The Morgan fingerprint density at radius 3 is 2.15 bits per heavy atom. The van der Waals surface area contributed by atoms with Gasteiger partial charge < -0.3 is 10.4 Å². The second kappa shape index (κ2) is 6.23. The van der Waals surface area contributed by atoms with Gasteiger partial charge >= 0.3 is 5.97 Å². The van der Waals surface area contributed by atoms with Gasteiger partial charge in [0.15, 0.2) is 15.9 Å². The van der Waals surface area contributed by atoms with Crippen LogP contribution in [-0.2, 0) is 19.4 Å². The largest absolute Gasteiger partial charge is 0.479 e. The summed E-state index contributed by atoms with van der Waals surface area (Å²) in [6, 6.07) is 4.54. The molecule has 0 aliphatic rings. The molecule has 0 saturated heterocycles. The molecule has 0 aliphatic carbocycles. The maximum absolute atomic E-state index is 11.8. The van der Waals surface area contributed by atoms with Crippen molar-refractivity contribution in [3.05, 3.63) is 34.9 Å². The first-order chi connectivity index (χ1) is 9.12. The lowest BCUT2D eigenvalue weighted by Gasteiger charge is -2.17. The molecular weight excluding hydrogens is 306 g/mol. The van der Waals surface area contributed by atoms with E-state index in [4.69, 9.17) is 16.7 Å². The molecule has 1 aromatic carbocycles. The van der Waals surface area contributed by atoms with Crippen molar-refractivity contribution in [3.8, 4) is 0 Å². The van der Waals surface area contributed by atoms with Crippen molar-refractivity contribution in [3.63, 3.8) is 0 Å². The number of hydrogen-bond acceptors (Lipinski definition) is 4. The fraction of sp³-hybridized carbons (Fsp3) is 0.333. The number of carboxylic acid groups (broad SMARTS) is 1. The lowest BCUT2D eigenvalue weighted by atomic mass is 10.1. The van der Waals surface area contributed by atoms with Gasteiger partial charge in [0.25, 0.3) is 0 Å². The van der Waals surface area contributed by atoms with E-state index in [1.165, 1.54) is 31.2 Å². The predicted molar refractivity (Wildman–Crippen MR) is 74.3 cm³/mol. The van der Waals surface area contributed by atoms with Gasteiger partial charge in [-0.05, 0) is 24.6 Å². The molecule has 6 nitrogen and oxygen atoms in total. The van der Waals surface area contributed by atoms with Gasteiger partial charge in [-0.15, -0.1) is 0 Å². The first-order valence-electron chi connectivity index (χ1n) is 5.60. The minimum Gasteiger partial charge on any atom is -0.479 e. The smallest absolute Gasteiger partial charge is 0.330 e. The monoisotopic (exact) mass is 319 g/mol.